The van der Waals surface area contributed by atoms with Gasteiger partial charge in [-0.15, -0.1) is 0 Å². The number of amides is 2. The SMILES string of the molecule is CN1CC(C(=O)N(C)Cc2ccccc2)OC2(CCN(C(=O)C3CC3)CC2)C1. The summed E-state index contributed by atoms with van der Waals surface area (Å²) >= 11 is 0. The molecular formula is C22H31N3O3. The van der Waals surface area contributed by atoms with E-state index in [9.17, 15) is 9.59 Å². The van der Waals surface area contributed by atoms with E-state index in [1.165, 1.54) is 0 Å². The minimum atomic E-state index is -0.446. The summed E-state index contributed by atoms with van der Waals surface area (Å²) in [6, 6.07) is 10.0. The number of rotatable bonds is 4. The van der Waals surface area contributed by atoms with E-state index in [2.05, 4.69) is 11.9 Å². The molecule has 0 bridgehead atoms. The molecule has 2 heterocycles. The van der Waals surface area contributed by atoms with Gasteiger partial charge >= 0.3 is 0 Å². The van der Waals surface area contributed by atoms with Crippen molar-refractivity contribution in [1.29, 1.82) is 0 Å². The van der Waals surface area contributed by atoms with Crippen molar-refractivity contribution in [2.45, 2.75) is 43.9 Å². The first-order valence-corrected chi connectivity index (χ1v) is 10.4. The molecule has 6 nitrogen and oxygen atoms in total. The lowest BCUT2D eigenvalue weighted by Crippen LogP contribution is -2.62. The van der Waals surface area contributed by atoms with Crippen molar-refractivity contribution in [1.82, 2.24) is 14.7 Å². The third-order valence-corrected chi connectivity index (χ3v) is 6.25. The molecule has 1 aromatic rings. The van der Waals surface area contributed by atoms with E-state index < -0.39 is 6.10 Å². The first kappa shape index (κ1) is 19.4. The van der Waals surface area contributed by atoms with Gasteiger partial charge in [0.05, 0.1) is 5.60 Å². The Kier molecular flexibility index (Phi) is 5.43. The number of hydrogen-bond acceptors (Lipinski definition) is 4. The number of carbonyl (C=O) groups is 2. The predicted octanol–water partition coefficient (Wildman–Crippen LogP) is 1.75. The highest BCUT2D eigenvalue weighted by Gasteiger charge is 2.46. The van der Waals surface area contributed by atoms with Crippen LogP contribution in [-0.4, -0.2) is 78.5 Å². The number of morpholine rings is 1. The molecule has 1 saturated carbocycles. The standard InChI is InChI=1S/C22H31N3O3/c1-23-15-19(21(27)24(2)14-17-6-4-3-5-7-17)28-22(16-23)10-12-25(13-11-22)20(26)18-8-9-18/h3-7,18-19H,8-16H2,1-2H3. The highest BCUT2D eigenvalue weighted by Crippen LogP contribution is 2.36. The van der Waals surface area contributed by atoms with Crippen LogP contribution in [0.25, 0.3) is 0 Å². The van der Waals surface area contributed by atoms with Crippen molar-refractivity contribution in [3.63, 3.8) is 0 Å². The van der Waals surface area contributed by atoms with Crippen molar-refractivity contribution in [2.75, 3.05) is 40.3 Å². The summed E-state index contributed by atoms with van der Waals surface area (Å²) in [6.07, 6.45) is 3.26. The van der Waals surface area contributed by atoms with Gasteiger partial charge in [0.2, 0.25) is 5.91 Å². The number of piperidine rings is 1. The lowest BCUT2D eigenvalue weighted by atomic mass is 9.88. The Balaban J connectivity index is 1.37. The molecule has 152 valence electrons. The molecule has 3 aliphatic rings. The summed E-state index contributed by atoms with van der Waals surface area (Å²) in [5, 5.41) is 0. The van der Waals surface area contributed by atoms with E-state index in [0.717, 1.165) is 50.9 Å². The van der Waals surface area contributed by atoms with Gasteiger partial charge in [0, 0.05) is 45.7 Å². The number of benzene rings is 1. The van der Waals surface area contributed by atoms with Crippen molar-refractivity contribution in [2.24, 2.45) is 5.92 Å². The number of likely N-dealkylation sites (tertiary alicyclic amines) is 1. The highest BCUT2D eigenvalue weighted by molar-refractivity contribution is 5.81. The molecule has 2 amide bonds. The summed E-state index contributed by atoms with van der Waals surface area (Å²) in [4.78, 5) is 31.4. The number of nitrogens with zero attached hydrogens (tertiary/aromatic N) is 3. The van der Waals surface area contributed by atoms with Crippen LogP contribution in [0.1, 0.15) is 31.2 Å². The van der Waals surface area contributed by atoms with E-state index in [-0.39, 0.29) is 17.4 Å². The average Bonchev–Trinajstić information content (AvgIpc) is 3.53. The number of likely N-dealkylation sites (N-methyl/N-ethyl adjacent to an activating group) is 2. The molecule has 3 fully saturated rings. The van der Waals surface area contributed by atoms with Crippen molar-refractivity contribution >= 4 is 11.8 Å². The number of ether oxygens (including phenoxy) is 1. The smallest absolute Gasteiger partial charge is 0.253 e. The summed E-state index contributed by atoms with van der Waals surface area (Å²) < 4.78 is 6.44. The normalized spacial score (nSPS) is 24.9. The zero-order valence-electron chi connectivity index (χ0n) is 17.0. The van der Waals surface area contributed by atoms with Crippen LogP contribution in [0.4, 0.5) is 0 Å². The van der Waals surface area contributed by atoms with Gasteiger partial charge in [0.1, 0.15) is 6.10 Å². The Bertz CT molecular complexity index is 711. The maximum Gasteiger partial charge on any atom is 0.253 e. The second kappa shape index (κ2) is 7.84. The second-order valence-electron chi connectivity index (χ2n) is 8.77. The van der Waals surface area contributed by atoms with Crippen LogP contribution in [0.2, 0.25) is 0 Å². The second-order valence-corrected chi connectivity index (χ2v) is 8.77. The van der Waals surface area contributed by atoms with Crippen LogP contribution < -0.4 is 0 Å². The molecular weight excluding hydrogens is 354 g/mol. The van der Waals surface area contributed by atoms with Crippen molar-refractivity contribution in [3.8, 4) is 0 Å². The van der Waals surface area contributed by atoms with Crippen LogP contribution in [0.15, 0.2) is 30.3 Å². The summed E-state index contributed by atoms with van der Waals surface area (Å²) in [5.41, 5.74) is 0.797. The Hall–Kier alpha value is -1.92. The summed E-state index contributed by atoms with van der Waals surface area (Å²) in [5.74, 6) is 0.616. The Morgan fingerprint density at radius 2 is 1.86 bits per heavy atom. The topological polar surface area (TPSA) is 53.1 Å². The van der Waals surface area contributed by atoms with Gasteiger partial charge in [0.15, 0.2) is 0 Å². The van der Waals surface area contributed by atoms with E-state index in [1.54, 1.807) is 4.90 Å². The molecule has 2 aliphatic heterocycles. The molecule has 1 unspecified atom stereocenters. The zero-order valence-corrected chi connectivity index (χ0v) is 17.0. The van der Waals surface area contributed by atoms with E-state index >= 15 is 0 Å². The van der Waals surface area contributed by atoms with Gasteiger partial charge in [-0.25, -0.2) is 0 Å². The molecule has 0 aromatic heterocycles. The molecule has 1 aromatic carbocycles. The van der Waals surface area contributed by atoms with Gasteiger partial charge in [-0.05, 0) is 38.3 Å². The fraction of sp³-hybridized carbons (Fsp3) is 0.636. The molecule has 0 radical (unpaired) electrons. The summed E-state index contributed by atoms with van der Waals surface area (Å²) in [7, 11) is 3.90. The molecule has 0 N–H and O–H groups in total. The van der Waals surface area contributed by atoms with Gasteiger partial charge in [-0.1, -0.05) is 30.3 Å². The van der Waals surface area contributed by atoms with E-state index in [1.807, 2.05) is 42.3 Å². The first-order chi connectivity index (χ1) is 13.5. The minimum absolute atomic E-state index is 0.0336. The minimum Gasteiger partial charge on any atom is -0.359 e. The third-order valence-electron chi connectivity index (χ3n) is 6.25. The van der Waals surface area contributed by atoms with Gasteiger partial charge in [-0.2, -0.15) is 0 Å². The average molecular weight is 386 g/mol. The van der Waals surface area contributed by atoms with Gasteiger partial charge in [-0.3, -0.25) is 9.59 Å². The van der Waals surface area contributed by atoms with Gasteiger partial charge in [0.25, 0.3) is 5.91 Å². The summed E-state index contributed by atoms with van der Waals surface area (Å²) in [6.45, 7) is 3.50. The molecule has 28 heavy (non-hydrogen) atoms. The lowest BCUT2D eigenvalue weighted by Gasteiger charge is -2.49. The Morgan fingerprint density at radius 3 is 2.50 bits per heavy atom. The molecule has 1 aliphatic carbocycles. The molecule has 1 spiro atoms. The van der Waals surface area contributed by atoms with Crippen molar-refractivity contribution < 1.29 is 14.3 Å². The van der Waals surface area contributed by atoms with Crippen molar-refractivity contribution in [3.05, 3.63) is 35.9 Å². The maximum absolute atomic E-state index is 13.1. The monoisotopic (exact) mass is 385 g/mol. The fourth-order valence-electron chi connectivity index (χ4n) is 4.52. The lowest BCUT2D eigenvalue weighted by molar-refractivity contribution is -0.189. The van der Waals surface area contributed by atoms with Crippen LogP contribution in [0.3, 0.4) is 0 Å². The Morgan fingerprint density at radius 1 is 1.18 bits per heavy atom. The molecule has 4 rings (SSSR count). The van der Waals surface area contributed by atoms with Crippen LogP contribution >= 0.6 is 0 Å². The van der Waals surface area contributed by atoms with E-state index in [4.69, 9.17) is 4.74 Å². The number of carbonyl (C=O) groups excluding carboxylic acids is 2. The van der Waals surface area contributed by atoms with E-state index in [0.29, 0.717) is 19.0 Å². The quantitative estimate of drug-likeness (QED) is 0.792. The van der Waals surface area contributed by atoms with Crippen LogP contribution in [0.5, 0.6) is 0 Å². The zero-order chi connectivity index (χ0) is 19.7. The fourth-order valence-corrected chi connectivity index (χ4v) is 4.52. The predicted molar refractivity (Wildman–Crippen MR) is 107 cm³/mol. The molecule has 1 atom stereocenters. The first-order valence-electron chi connectivity index (χ1n) is 10.4. The third kappa shape index (κ3) is 4.23. The highest BCUT2D eigenvalue weighted by atomic mass is 16.5. The van der Waals surface area contributed by atoms with Crippen LogP contribution in [-0.2, 0) is 20.9 Å². The number of hydrogen-bond donors (Lipinski definition) is 0. The molecule has 2 saturated heterocycles. The Labute approximate surface area is 167 Å². The van der Waals surface area contributed by atoms with Crippen LogP contribution in [0, 0.1) is 5.92 Å². The van der Waals surface area contributed by atoms with Gasteiger partial charge < -0.3 is 19.4 Å². The molecule has 6 heteroatoms. The maximum atomic E-state index is 13.1. The largest absolute Gasteiger partial charge is 0.359 e.